The van der Waals surface area contributed by atoms with Gasteiger partial charge < -0.3 is 9.64 Å². The summed E-state index contributed by atoms with van der Waals surface area (Å²) in [6.45, 7) is 1.32. The third-order valence-corrected chi connectivity index (χ3v) is 8.51. The number of aryl methyl sites for hydroxylation is 2. The van der Waals surface area contributed by atoms with E-state index in [0.717, 1.165) is 31.2 Å². The molecular weight excluding hydrogens is 492 g/mol. The van der Waals surface area contributed by atoms with Crippen LogP contribution in [0.1, 0.15) is 54.1 Å². The van der Waals surface area contributed by atoms with Crippen LogP contribution in [-0.4, -0.2) is 76.9 Å². The lowest BCUT2D eigenvalue weighted by atomic mass is 9.82. The van der Waals surface area contributed by atoms with E-state index in [9.17, 15) is 13.2 Å². The molecule has 1 aliphatic carbocycles. The molecule has 3 aromatic rings. The van der Waals surface area contributed by atoms with E-state index in [1.54, 1.807) is 28.9 Å². The molecule has 0 spiro atoms. The summed E-state index contributed by atoms with van der Waals surface area (Å²) in [4.78, 5) is 14.7. The molecule has 3 heterocycles. The highest BCUT2D eigenvalue weighted by Crippen LogP contribution is 2.35. The molecule has 10 nitrogen and oxygen atoms in total. The van der Waals surface area contributed by atoms with Gasteiger partial charge in [0.25, 0.3) is 5.91 Å². The number of fused-ring (bicyclic) bond motifs is 1. The van der Waals surface area contributed by atoms with Crippen LogP contribution in [0.2, 0.25) is 0 Å². The predicted octanol–water partition coefficient (Wildman–Crippen LogP) is 2.43. The van der Waals surface area contributed by atoms with Crippen LogP contribution in [0.3, 0.4) is 0 Å². The van der Waals surface area contributed by atoms with Crippen molar-refractivity contribution >= 4 is 26.8 Å². The van der Waals surface area contributed by atoms with Crippen molar-refractivity contribution in [1.82, 2.24) is 29.2 Å². The van der Waals surface area contributed by atoms with E-state index in [0.29, 0.717) is 37.7 Å². The van der Waals surface area contributed by atoms with Crippen molar-refractivity contribution in [2.75, 3.05) is 26.0 Å². The number of piperidine rings is 1. The first-order valence-corrected chi connectivity index (χ1v) is 14.8. The van der Waals surface area contributed by atoms with Crippen molar-refractivity contribution in [2.45, 2.75) is 50.2 Å². The zero-order valence-electron chi connectivity index (χ0n) is 21.7. The molecule has 5 rings (SSSR count). The van der Waals surface area contributed by atoms with Crippen LogP contribution in [-0.2, 0) is 28.9 Å². The van der Waals surface area contributed by atoms with Gasteiger partial charge in [0.15, 0.2) is 0 Å². The van der Waals surface area contributed by atoms with Gasteiger partial charge in [-0.25, -0.2) is 13.1 Å². The number of amides is 1. The Kier molecular flexibility index (Phi) is 7.37. The monoisotopic (exact) mass is 528 g/mol. The molecule has 1 unspecified atom stereocenters. The predicted molar refractivity (Wildman–Crippen MR) is 141 cm³/mol. The molecule has 37 heavy (non-hydrogen) atoms. The van der Waals surface area contributed by atoms with Crippen molar-refractivity contribution in [1.29, 1.82) is 0 Å². The van der Waals surface area contributed by atoms with Gasteiger partial charge in [-0.2, -0.15) is 10.2 Å². The number of hydrogen-bond acceptors (Lipinski definition) is 6. The molecule has 0 bridgehead atoms. The topological polar surface area (TPSA) is 111 Å². The van der Waals surface area contributed by atoms with Gasteiger partial charge in [0.2, 0.25) is 10.0 Å². The third-order valence-electron chi connectivity index (χ3n) is 7.78. The zero-order valence-corrected chi connectivity index (χ0v) is 22.5. The Morgan fingerprint density at radius 2 is 1.92 bits per heavy atom. The summed E-state index contributed by atoms with van der Waals surface area (Å²) in [5, 5.41) is 9.76. The Balaban J connectivity index is 1.19. The molecule has 1 aromatic carbocycles. The van der Waals surface area contributed by atoms with Crippen molar-refractivity contribution < 1.29 is 17.9 Å². The van der Waals surface area contributed by atoms with Gasteiger partial charge in [0.05, 0.1) is 30.7 Å². The SMILES string of the molecule is Cn1ccc(C(=O)N2CCC(NS(C)(=O)=O)[C@H](COC3CCC(c4ccc5c(cnn5C)c4)CC3)C2)n1. The van der Waals surface area contributed by atoms with Gasteiger partial charge in [-0.05, 0) is 61.8 Å². The number of carbonyl (C=O) groups is 1. The number of carbonyl (C=O) groups excluding carboxylic acids is 1. The third kappa shape index (κ3) is 6.05. The standard InChI is InChI=1S/C26H36N6O4S/c1-30-12-10-24(28-30)26(33)32-13-11-23(29-37(3,34)35)21(16-32)17-36-22-7-4-18(5-8-22)19-6-9-25-20(14-19)15-27-31(25)2/h6,9-10,12,14-15,18,21-23,29H,4-5,7-8,11,13,16-17H2,1-3H3/t18?,21-,22?,23?/m0/s1. The van der Waals surface area contributed by atoms with Crippen molar-refractivity contribution in [3.05, 3.63) is 47.9 Å². The fourth-order valence-electron chi connectivity index (χ4n) is 5.77. The Labute approximate surface area is 218 Å². The summed E-state index contributed by atoms with van der Waals surface area (Å²) in [5.74, 6) is 0.251. The number of sulfonamides is 1. The van der Waals surface area contributed by atoms with Gasteiger partial charge in [-0.3, -0.25) is 14.2 Å². The number of hydrogen-bond donors (Lipinski definition) is 1. The summed E-state index contributed by atoms with van der Waals surface area (Å²) >= 11 is 0. The maximum Gasteiger partial charge on any atom is 0.274 e. The van der Waals surface area contributed by atoms with E-state index < -0.39 is 10.0 Å². The molecule has 0 radical (unpaired) electrons. The first-order valence-electron chi connectivity index (χ1n) is 13.0. The Morgan fingerprint density at radius 3 is 2.62 bits per heavy atom. The average Bonchev–Trinajstić information content (AvgIpc) is 3.47. The number of ether oxygens (including phenoxy) is 1. The molecule has 200 valence electrons. The van der Waals surface area contributed by atoms with E-state index in [2.05, 4.69) is 33.1 Å². The highest BCUT2D eigenvalue weighted by atomic mass is 32.2. The quantitative estimate of drug-likeness (QED) is 0.504. The molecule has 1 N–H and O–H groups in total. The molecule has 2 aliphatic rings. The fraction of sp³-hybridized carbons (Fsp3) is 0.577. The minimum Gasteiger partial charge on any atom is -0.378 e. The maximum absolute atomic E-state index is 13.0. The molecule has 1 saturated heterocycles. The molecule has 1 saturated carbocycles. The first-order chi connectivity index (χ1) is 17.7. The normalized spacial score (nSPS) is 25.0. The van der Waals surface area contributed by atoms with E-state index >= 15 is 0 Å². The lowest BCUT2D eigenvalue weighted by Gasteiger charge is -2.39. The second-order valence-corrected chi connectivity index (χ2v) is 12.3. The summed E-state index contributed by atoms with van der Waals surface area (Å²) in [5.41, 5.74) is 2.90. The van der Waals surface area contributed by atoms with E-state index in [1.807, 2.05) is 17.9 Å². The van der Waals surface area contributed by atoms with Crippen LogP contribution in [0.15, 0.2) is 36.7 Å². The fourth-order valence-corrected chi connectivity index (χ4v) is 6.63. The minimum atomic E-state index is -3.37. The average molecular weight is 529 g/mol. The lowest BCUT2D eigenvalue weighted by molar-refractivity contribution is -0.0150. The van der Waals surface area contributed by atoms with Crippen LogP contribution >= 0.6 is 0 Å². The van der Waals surface area contributed by atoms with Gasteiger partial charge in [0, 0.05) is 50.7 Å². The van der Waals surface area contributed by atoms with Crippen molar-refractivity contribution in [3.8, 4) is 0 Å². The Bertz CT molecular complexity index is 1360. The summed E-state index contributed by atoms with van der Waals surface area (Å²) in [7, 11) is 0.369. The van der Waals surface area contributed by atoms with E-state index in [-0.39, 0.29) is 24.0 Å². The molecule has 1 aliphatic heterocycles. The van der Waals surface area contributed by atoms with Crippen LogP contribution in [0.25, 0.3) is 10.9 Å². The van der Waals surface area contributed by atoms with Crippen LogP contribution in [0.5, 0.6) is 0 Å². The zero-order chi connectivity index (χ0) is 26.2. The van der Waals surface area contributed by atoms with Gasteiger partial charge >= 0.3 is 0 Å². The van der Waals surface area contributed by atoms with Crippen molar-refractivity contribution in [3.63, 3.8) is 0 Å². The second-order valence-electron chi connectivity index (χ2n) is 10.6. The number of rotatable bonds is 7. The van der Waals surface area contributed by atoms with Crippen LogP contribution in [0, 0.1) is 5.92 Å². The smallest absolute Gasteiger partial charge is 0.274 e. The Hall–Kier alpha value is -2.76. The molecule has 2 aromatic heterocycles. The summed E-state index contributed by atoms with van der Waals surface area (Å²) in [6.07, 6.45) is 9.56. The van der Waals surface area contributed by atoms with Crippen LogP contribution in [0.4, 0.5) is 0 Å². The minimum absolute atomic E-state index is 0.123. The maximum atomic E-state index is 13.0. The van der Waals surface area contributed by atoms with Gasteiger partial charge in [-0.1, -0.05) is 6.07 Å². The summed E-state index contributed by atoms with van der Waals surface area (Å²) < 4.78 is 36.6. The number of benzene rings is 1. The Morgan fingerprint density at radius 1 is 1.14 bits per heavy atom. The summed E-state index contributed by atoms with van der Waals surface area (Å²) in [6, 6.07) is 8.07. The second kappa shape index (κ2) is 10.5. The largest absolute Gasteiger partial charge is 0.378 e. The van der Waals surface area contributed by atoms with Crippen molar-refractivity contribution in [2.24, 2.45) is 20.0 Å². The highest BCUT2D eigenvalue weighted by molar-refractivity contribution is 7.88. The molecule has 11 heteroatoms. The van der Waals surface area contributed by atoms with Gasteiger partial charge in [0.1, 0.15) is 5.69 Å². The molecular formula is C26H36N6O4S. The van der Waals surface area contributed by atoms with Crippen LogP contribution < -0.4 is 4.72 Å². The highest BCUT2D eigenvalue weighted by Gasteiger charge is 2.35. The van der Waals surface area contributed by atoms with E-state index in [1.165, 1.54) is 17.2 Å². The first kappa shape index (κ1) is 25.9. The molecule has 1 amide bonds. The number of nitrogens with one attached hydrogen (secondary N) is 1. The number of nitrogens with zero attached hydrogens (tertiary/aromatic N) is 5. The van der Waals surface area contributed by atoms with Gasteiger partial charge in [-0.15, -0.1) is 0 Å². The number of likely N-dealkylation sites (tertiary alicyclic amines) is 1. The molecule has 2 atom stereocenters. The van der Waals surface area contributed by atoms with E-state index in [4.69, 9.17) is 4.74 Å². The molecule has 2 fully saturated rings. The lowest BCUT2D eigenvalue weighted by Crippen LogP contribution is -2.53. The number of aromatic nitrogens is 4.